The first-order valence-electron chi connectivity index (χ1n) is 6.05. The van der Waals surface area contributed by atoms with Crippen LogP contribution in [0.15, 0.2) is 30.3 Å². The minimum Gasteiger partial charge on any atom is -0.389 e. The molecule has 0 aliphatic carbocycles. The van der Waals surface area contributed by atoms with E-state index in [0.717, 1.165) is 5.56 Å². The first-order chi connectivity index (χ1) is 9.17. The fraction of sp³-hybridized carbons (Fsp3) is 0.429. The van der Waals surface area contributed by atoms with Crippen LogP contribution in [0.2, 0.25) is 0 Å². The van der Waals surface area contributed by atoms with Crippen LogP contribution in [0, 0.1) is 17.2 Å². The monoisotopic (exact) mass is 262 g/mol. The zero-order valence-electron chi connectivity index (χ0n) is 10.9. The molecule has 1 rings (SSSR count). The van der Waals surface area contributed by atoms with Gasteiger partial charge in [0.1, 0.15) is 5.92 Å². The van der Waals surface area contributed by atoms with Gasteiger partial charge in [-0.1, -0.05) is 30.3 Å². The van der Waals surface area contributed by atoms with Crippen LogP contribution >= 0.6 is 0 Å². The van der Waals surface area contributed by atoms with Gasteiger partial charge in [-0.15, -0.1) is 0 Å². The lowest BCUT2D eigenvalue weighted by Gasteiger charge is -2.13. The number of methoxy groups -OCH3 is 1. The van der Waals surface area contributed by atoms with Crippen LogP contribution in [0.5, 0.6) is 0 Å². The Hall–Kier alpha value is -1.90. The van der Waals surface area contributed by atoms with Gasteiger partial charge in [0.05, 0.1) is 18.8 Å². The second-order valence-corrected chi connectivity index (χ2v) is 4.23. The number of nitriles is 1. The lowest BCUT2D eigenvalue weighted by molar-refractivity contribution is -0.124. The zero-order chi connectivity index (χ0) is 14.1. The van der Waals surface area contributed by atoms with Gasteiger partial charge in [0.2, 0.25) is 5.91 Å². The first-order valence-corrected chi connectivity index (χ1v) is 6.05. The van der Waals surface area contributed by atoms with Crippen molar-refractivity contribution in [2.75, 3.05) is 20.3 Å². The maximum atomic E-state index is 11.8. The number of carbonyl (C=O) groups is 1. The molecule has 0 aliphatic rings. The lowest BCUT2D eigenvalue weighted by Crippen LogP contribution is -2.38. The number of hydrogen-bond donors (Lipinski definition) is 2. The molecule has 19 heavy (non-hydrogen) atoms. The molecule has 0 saturated carbocycles. The quantitative estimate of drug-likeness (QED) is 0.749. The van der Waals surface area contributed by atoms with Crippen LogP contribution in [-0.4, -0.2) is 37.4 Å². The summed E-state index contributed by atoms with van der Waals surface area (Å²) in [7, 11) is 1.47. The minimum absolute atomic E-state index is 0.0830. The summed E-state index contributed by atoms with van der Waals surface area (Å²) in [6.45, 7) is 0.232. The number of nitrogens with zero attached hydrogens (tertiary/aromatic N) is 1. The van der Waals surface area contributed by atoms with Crippen LogP contribution in [0.1, 0.15) is 5.56 Å². The van der Waals surface area contributed by atoms with E-state index in [1.54, 1.807) is 0 Å². The summed E-state index contributed by atoms with van der Waals surface area (Å²) in [5.74, 6) is -1.13. The van der Waals surface area contributed by atoms with Gasteiger partial charge in [-0.25, -0.2) is 0 Å². The molecule has 2 unspecified atom stereocenters. The largest absolute Gasteiger partial charge is 0.389 e. The predicted molar refractivity (Wildman–Crippen MR) is 70.1 cm³/mol. The van der Waals surface area contributed by atoms with Crippen molar-refractivity contribution in [3.8, 4) is 6.07 Å². The highest BCUT2D eigenvalue weighted by Crippen LogP contribution is 2.08. The molecule has 0 aromatic heterocycles. The minimum atomic E-state index is -0.759. The third-order valence-corrected chi connectivity index (χ3v) is 2.63. The van der Waals surface area contributed by atoms with E-state index in [-0.39, 0.29) is 19.1 Å². The van der Waals surface area contributed by atoms with Crippen molar-refractivity contribution in [3.05, 3.63) is 35.9 Å². The van der Waals surface area contributed by atoms with Crippen LogP contribution < -0.4 is 5.32 Å². The number of aliphatic hydroxyl groups excluding tert-OH is 1. The first kappa shape index (κ1) is 15.2. The van der Waals surface area contributed by atoms with Gasteiger partial charge < -0.3 is 15.2 Å². The molecule has 1 aromatic carbocycles. The predicted octanol–water partition coefficient (Wildman–Crippen LogP) is 0.492. The fourth-order valence-corrected chi connectivity index (χ4v) is 1.64. The molecular formula is C14H18N2O3. The Bertz CT molecular complexity index is 428. The van der Waals surface area contributed by atoms with Gasteiger partial charge in [0.25, 0.3) is 0 Å². The van der Waals surface area contributed by atoms with Crippen LogP contribution in [0.4, 0.5) is 0 Å². The second-order valence-electron chi connectivity index (χ2n) is 4.23. The normalized spacial score (nSPS) is 13.3. The number of rotatable bonds is 7. The second kappa shape index (κ2) is 8.25. The van der Waals surface area contributed by atoms with Crippen molar-refractivity contribution >= 4 is 5.91 Å². The summed E-state index contributed by atoms with van der Waals surface area (Å²) < 4.78 is 4.75. The van der Waals surface area contributed by atoms with E-state index in [9.17, 15) is 9.90 Å². The molecule has 0 heterocycles. The Kier molecular flexibility index (Phi) is 6.58. The number of nitrogens with one attached hydrogen (secondary N) is 1. The Labute approximate surface area is 112 Å². The average Bonchev–Trinajstić information content (AvgIpc) is 2.43. The molecule has 0 radical (unpaired) electrons. The van der Waals surface area contributed by atoms with E-state index in [0.29, 0.717) is 6.42 Å². The van der Waals surface area contributed by atoms with Crippen LogP contribution in [0.3, 0.4) is 0 Å². The summed E-state index contributed by atoms with van der Waals surface area (Å²) in [5, 5.41) is 21.0. The summed E-state index contributed by atoms with van der Waals surface area (Å²) >= 11 is 0. The van der Waals surface area contributed by atoms with Crippen molar-refractivity contribution in [1.29, 1.82) is 5.26 Å². The fourth-order valence-electron chi connectivity index (χ4n) is 1.64. The molecule has 0 aliphatic heterocycles. The molecule has 2 atom stereocenters. The van der Waals surface area contributed by atoms with E-state index in [2.05, 4.69) is 5.32 Å². The maximum absolute atomic E-state index is 11.8. The molecule has 102 valence electrons. The molecule has 2 N–H and O–H groups in total. The lowest BCUT2D eigenvalue weighted by atomic mass is 10.00. The average molecular weight is 262 g/mol. The number of benzene rings is 1. The van der Waals surface area contributed by atoms with E-state index >= 15 is 0 Å². The SMILES string of the molecule is COCC(O)CNC(=O)C(C#N)Cc1ccccc1. The van der Waals surface area contributed by atoms with Gasteiger partial charge in [-0.3, -0.25) is 4.79 Å². The number of amides is 1. The van der Waals surface area contributed by atoms with Crippen molar-refractivity contribution in [3.63, 3.8) is 0 Å². The van der Waals surface area contributed by atoms with E-state index in [1.807, 2.05) is 36.4 Å². The van der Waals surface area contributed by atoms with E-state index < -0.39 is 12.0 Å². The molecule has 0 spiro atoms. The van der Waals surface area contributed by atoms with Crippen molar-refractivity contribution in [1.82, 2.24) is 5.32 Å². The summed E-state index contributed by atoms with van der Waals surface area (Å²) in [5.41, 5.74) is 0.932. The van der Waals surface area contributed by atoms with Crippen molar-refractivity contribution < 1.29 is 14.6 Å². The number of aliphatic hydroxyl groups is 1. The van der Waals surface area contributed by atoms with Crippen LogP contribution in [0.25, 0.3) is 0 Å². The molecule has 1 aromatic rings. The molecular weight excluding hydrogens is 244 g/mol. The molecule has 0 saturated heterocycles. The molecule has 5 heteroatoms. The molecule has 0 fully saturated rings. The topological polar surface area (TPSA) is 82.3 Å². The van der Waals surface area contributed by atoms with Gasteiger partial charge in [0.15, 0.2) is 0 Å². The Morgan fingerprint density at radius 3 is 2.74 bits per heavy atom. The molecule has 5 nitrogen and oxygen atoms in total. The smallest absolute Gasteiger partial charge is 0.237 e. The maximum Gasteiger partial charge on any atom is 0.237 e. The Morgan fingerprint density at radius 2 is 2.16 bits per heavy atom. The number of ether oxygens (including phenoxy) is 1. The highest BCUT2D eigenvalue weighted by atomic mass is 16.5. The number of carbonyl (C=O) groups excluding carboxylic acids is 1. The van der Waals surface area contributed by atoms with Gasteiger partial charge in [0, 0.05) is 13.7 Å². The Balaban J connectivity index is 2.47. The van der Waals surface area contributed by atoms with Gasteiger partial charge in [-0.05, 0) is 12.0 Å². The molecule has 1 amide bonds. The standard InChI is InChI=1S/C14H18N2O3/c1-19-10-13(17)9-16-14(18)12(8-15)7-11-5-3-2-4-6-11/h2-6,12-13,17H,7,9-10H2,1H3,(H,16,18). The van der Waals surface area contributed by atoms with Gasteiger partial charge >= 0.3 is 0 Å². The highest BCUT2D eigenvalue weighted by Gasteiger charge is 2.18. The Morgan fingerprint density at radius 1 is 1.47 bits per heavy atom. The van der Waals surface area contributed by atoms with E-state index in [4.69, 9.17) is 10.00 Å². The number of hydrogen-bond acceptors (Lipinski definition) is 4. The van der Waals surface area contributed by atoms with Crippen molar-refractivity contribution in [2.45, 2.75) is 12.5 Å². The zero-order valence-corrected chi connectivity index (χ0v) is 10.9. The highest BCUT2D eigenvalue weighted by molar-refractivity contribution is 5.81. The summed E-state index contributed by atoms with van der Waals surface area (Å²) in [6, 6.07) is 11.3. The molecule has 0 bridgehead atoms. The van der Waals surface area contributed by atoms with Crippen LogP contribution in [-0.2, 0) is 16.0 Å². The van der Waals surface area contributed by atoms with Gasteiger partial charge in [-0.2, -0.15) is 5.26 Å². The summed E-state index contributed by atoms with van der Waals surface area (Å²) in [4.78, 5) is 11.8. The third-order valence-electron chi connectivity index (χ3n) is 2.63. The third kappa shape index (κ3) is 5.51. The van der Waals surface area contributed by atoms with Crippen molar-refractivity contribution in [2.24, 2.45) is 5.92 Å². The van der Waals surface area contributed by atoms with E-state index in [1.165, 1.54) is 7.11 Å². The summed E-state index contributed by atoms with van der Waals surface area (Å²) in [6.07, 6.45) is -0.395.